The summed E-state index contributed by atoms with van der Waals surface area (Å²) in [5, 5.41) is 17.9. The molecule has 4 aromatic rings. The van der Waals surface area contributed by atoms with Crippen molar-refractivity contribution in [3.05, 3.63) is 71.2 Å². The predicted octanol–water partition coefficient (Wildman–Crippen LogP) is 4.67. The Hall–Kier alpha value is -3.92. The van der Waals surface area contributed by atoms with E-state index in [1.165, 1.54) is 0 Å². The molecule has 190 valence electrons. The number of amides is 1. The lowest BCUT2D eigenvalue weighted by molar-refractivity contribution is 0.0940. The molecule has 2 aromatic heterocycles. The molecule has 2 aromatic carbocycles. The molecule has 1 aliphatic heterocycles. The van der Waals surface area contributed by atoms with Gasteiger partial charge >= 0.3 is 0 Å². The Morgan fingerprint density at radius 2 is 1.89 bits per heavy atom. The Kier molecular flexibility index (Phi) is 6.03. The van der Waals surface area contributed by atoms with E-state index in [2.05, 4.69) is 21.5 Å². The Morgan fingerprint density at radius 1 is 1.11 bits per heavy atom. The number of aromatic hydroxyl groups is 1. The average molecular weight is 506 g/mol. The van der Waals surface area contributed by atoms with E-state index in [0.717, 1.165) is 65.5 Å². The van der Waals surface area contributed by atoms with Crippen LogP contribution in [0.5, 0.6) is 5.75 Å². The van der Waals surface area contributed by atoms with Crippen molar-refractivity contribution in [3.63, 3.8) is 0 Å². The number of nitrogens with one attached hydrogen (secondary N) is 1. The van der Waals surface area contributed by atoms with Crippen LogP contribution in [0.25, 0.3) is 22.3 Å². The van der Waals surface area contributed by atoms with Gasteiger partial charge in [-0.15, -0.1) is 0 Å². The summed E-state index contributed by atoms with van der Waals surface area (Å²) >= 11 is 0. The Morgan fingerprint density at radius 3 is 2.68 bits per heavy atom. The Bertz CT molecular complexity index is 1470. The lowest BCUT2D eigenvalue weighted by Crippen LogP contribution is -2.31. The molecule has 1 aliphatic carbocycles. The summed E-state index contributed by atoms with van der Waals surface area (Å²) in [6, 6.07) is 8.00. The fraction of sp³-hybridized carbons (Fsp3) is 0.333. The second-order valence-corrected chi connectivity index (χ2v) is 9.71. The third-order valence-corrected chi connectivity index (χ3v) is 7.25. The fourth-order valence-electron chi connectivity index (χ4n) is 5.09. The summed E-state index contributed by atoms with van der Waals surface area (Å²) in [4.78, 5) is 21.5. The van der Waals surface area contributed by atoms with Crippen LogP contribution in [0, 0.1) is 17.6 Å². The number of ether oxygens (including phenoxy) is 1. The van der Waals surface area contributed by atoms with Crippen LogP contribution in [0.1, 0.15) is 53.3 Å². The zero-order valence-electron chi connectivity index (χ0n) is 20.0. The molecule has 0 saturated heterocycles. The van der Waals surface area contributed by atoms with E-state index < -0.39 is 23.3 Å². The second-order valence-electron chi connectivity index (χ2n) is 9.71. The van der Waals surface area contributed by atoms with Crippen molar-refractivity contribution in [1.82, 2.24) is 25.1 Å². The topological polar surface area (TPSA) is 102 Å². The monoisotopic (exact) mass is 505 g/mol. The summed E-state index contributed by atoms with van der Waals surface area (Å²) in [6.45, 7) is 1.50. The minimum absolute atomic E-state index is 0.150. The van der Waals surface area contributed by atoms with Crippen LogP contribution in [-0.4, -0.2) is 37.3 Å². The number of rotatable bonds is 5. The van der Waals surface area contributed by atoms with Gasteiger partial charge in [0, 0.05) is 41.0 Å². The molecule has 2 N–H and O–H groups in total. The number of benzene rings is 2. The summed E-state index contributed by atoms with van der Waals surface area (Å²) in [5.74, 6) is -3.01. The predicted molar refractivity (Wildman–Crippen MR) is 131 cm³/mol. The zero-order chi connectivity index (χ0) is 25.5. The van der Waals surface area contributed by atoms with Crippen LogP contribution < -0.4 is 5.32 Å². The first kappa shape index (κ1) is 23.5. The lowest BCUT2D eigenvalue weighted by Gasteiger charge is -2.28. The van der Waals surface area contributed by atoms with E-state index in [9.17, 15) is 18.7 Å². The fourth-order valence-corrected chi connectivity index (χ4v) is 5.09. The number of fused-ring (bicyclic) bond motifs is 2. The molecule has 1 fully saturated rings. The molecule has 3 heterocycles. The van der Waals surface area contributed by atoms with E-state index in [0.29, 0.717) is 25.6 Å². The highest BCUT2D eigenvalue weighted by atomic mass is 19.1. The number of aromatic nitrogens is 4. The highest BCUT2D eigenvalue weighted by Gasteiger charge is 2.24. The SMILES string of the molecule is O=C(NCC1CCC(n2cc3ccc(-c4ncc5c(n4)COC5)cc3n2)CC1)c1cc(F)c(O)c(F)c1. The van der Waals surface area contributed by atoms with Crippen molar-refractivity contribution in [2.75, 3.05) is 6.54 Å². The Balaban J connectivity index is 1.07. The maximum absolute atomic E-state index is 13.5. The van der Waals surface area contributed by atoms with Crippen molar-refractivity contribution in [2.45, 2.75) is 44.9 Å². The molecule has 1 amide bonds. The molecule has 2 aliphatic rings. The highest BCUT2D eigenvalue weighted by molar-refractivity contribution is 5.94. The molecular weight excluding hydrogens is 480 g/mol. The third kappa shape index (κ3) is 4.64. The van der Waals surface area contributed by atoms with Crippen molar-refractivity contribution < 1.29 is 23.4 Å². The number of phenols is 1. The van der Waals surface area contributed by atoms with Gasteiger partial charge in [-0.3, -0.25) is 9.48 Å². The summed E-state index contributed by atoms with van der Waals surface area (Å²) in [5.41, 5.74) is 3.63. The quantitative estimate of drug-likeness (QED) is 0.409. The first-order chi connectivity index (χ1) is 17.9. The molecule has 10 heteroatoms. The van der Waals surface area contributed by atoms with Gasteiger partial charge in [0.25, 0.3) is 5.91 Å². The van der Waals surface area contributed by atoms with Crippen molar-refractivity contribution in [3.8, 4) is 17.1 Å². The van der Waals surface area contributed by atoms with E-state index >= 15 is 0 Å². The van der Waals surface area contributed by atoms with Crippen LogP contribution in [-0.2, 0) is 18.0 Å². The smallest absolute Gasteiger partial charge is 0.251 e. The second kappa shape index (κ2) is 9.51. The van der Waals surface area contributed by atoms with Crippen LogP contribution >= 0.6 is 0 Å². The molecule has 0 unspecified atom stereocenters. The van der Waals surface area contributed by atoms with Gasteiger partial charge in [-0.25, -0.2) is 18.7 Å². The van der Waals surface area contributed by atoms with Crippen LogP contribution in [0.2, 0.25) is 0 Å². The maximum atomic E-state index is 13.5. The highest BCUT2D eigenvalue weighted by Crippen LogP contribution is 2.33. The minimum Gasteiger partial charge on any atom is -0.503 e. The number of phenolic OH excluding ortho intramolecular Hbond substituents is 1. The molecule has 0 radical (unpaired) electrons. The summed E-state index contributed by atoms with van der Waals surface area (Å²) < 4.78 is 34.6. The van der Waals surface area contributed by atoms with Crippen molar-refractivity contribution in [2.24, 2.45) is 5.92 Å². The normalized spacial score (nSPS) is 19.2. The standard InChI is InChI=1S/C27H25F2N5O3/c28-21-7-18(8-22(29)25(21)35)27(36)31-10-15-1-5-20(6-2-15)34-12-17-4-3-16(9-23(17)33-34)26-30-11-19-13-37-14-24(19)32-26/h3-4,7-9,11-12,15,20,35H,1-2,5-6,10,13-14H2,(H,31,36). The van der Waals surface area contributed by atoms with Gasteiger partial charge in [-0.1, -0.05) is 12.1 Å². The number of hydrogen-bond donors (Lipinski definition) is 2. The minimum atomic E-state index is -1.15. The van der Waals surface area contributed by atoms with E-state index in [1.54, 1.807) is 0 Å². The molecule has 37 heavy (non-hydrogen) atoms. The van der Waals surface area contributed by atoms with Gasteiger partial charge < -0.3 is 15.2 Å². The first-order valence-electron chi connectivity index (χ1n) is 12.3. The van der Waals surface area contributed by atoms with E-state index in [4.69, 9.17) is 9.84 Å². The van der Waals surface area contributed by atoms with Crippen molar-refractivity contribution >= 4 is 16.8 Å². The molecule has 0 spiro atoms. The molecule has 0 atom stereocenters. The van der Waals surface area contributed by atoms with Gasteiger partial charge in [0.05, 0.1) is 30.5 Å². The van der Waals surface area contributed by atoms with Crippen LogP contribution in [0.15, 0.2) is 42.7 Å². The maximum Gasteiger partial charge on any atom is 0.251 e. The average Bonchev–Trinajstić information content (AvgIpc) is 3.56. The van der Waals surface area contributed by atoms with Gasteiger partial charge in [0.1, 0.15) is 0 Å². The number of nitrogens with zero attached hydrogens (tertiary/aromatic N) is 4. The van der Waals surface area contributed by atoms with Crippen LogP contribution in [0.3, 0.4) is 0 Å². The largest absolute Gasteiger partial charge is 0.503 e. The number of carbonyl (C=O) groups is 1. The van der Waals surface area contributed by atoms with Crippen LogP contribution in [0.4, 0.5) is 8.78 Å². The van der Waals surface area contributed by atoms with Gasteiger partial charge in [-0.2, -0.15) is 5.10 Å². The van der Waals surface area contributed by atoms with Gasteiger partial charge in [-0.05, 0) is 49.8 Å². The molecule has 1 saturated carbocycles. The van der Waals surface area contributed by atoms with Gasteiger partial charge in [0.2, 0.25) is 0 Å². The lowest BCUT2D eigenvalue weighted by atomic mass is 9.86. The van der Waals surface area contributed by atoms with E-state index in [-0.39, 0.29) is 17.5 Å². The summed E-state index contributed by atoms with van der Waals surface area (Å²) in [7, 11) is 0. The molecule has 0 bridgehead atoms. The molecule has 8 nitrogen and oxygen atoms in total. The zero-order valence-corrected chi connectivity index (χ0v) is 20.0. The van der Waals surface area contributed by atoms with Gasteiger partial charge in [0.15, 0.2) is 23.2 Å². The molecule has 6 rings (SSSR count). The van der Waals surface area contributed by atoms with E-state index in [1.807, 2.05) is 29.1 Å². The third-order valence-electron chi connectivity index (χ3n) is 7.25. The first-order valence-corrected chi connectivity index (χ1v) is 12.3. The number of hydrogen-bond acceptors (Lipinski definition) is 6. The number of halogens is 2. The van der Waals surface area contributed by atoms with Crippen molar-refractivity contribution in [1.29, 1.82) is 0 Å². The summed E-state index contributed by atoms with van der Waals surface area (Å²) in [6.07, 6.45) is 7.52. The number of carbonyl (C=O) groups excluding carboxylic acids is 1. The Labute approximate surface area is 211 Å². The molecular formula is C27H25F2N5O3.